The van der Waals surface area contributed by atoms with Crippen molar-refractivity contribution in [3.63, 3.8) is 0 Å². The van der Waals surface area contributed by atoms with Crippen LogP contribution in [0.4, 0.5) is 10.8 Å². The zero-order chi connectivity index (χ0) is 13.0. The SMILES string of the molecule is Cc1ccccc1N[C@@H](C)C(=O)Nc1nccs1. The Morgan fingerprint density at radius 3 is 2.83 bits per heavy atom. The Balaban J connectivity index is 1.97. The third-order valence-corrected chi connectivity index (χ3v) is 3.26. The molecule has 2 N–H and O–H groups in total. The van der Waals surface area contributed by atoms with Gasteiger partial charge in [-0.3, -0.25) is 4.79 Å². The van der Waals surface area contributed by atoms with E-state index >= 15 is 0 Å². The highest BCUT2D eigenvalue weighted by atomic mass is 32.1. The summed E-state index contributed by atoms with van der Waals surface area (Å²) in [7, 11) is 0. The van der Waals surface area contributed by atoms with Crippen molar-refractivity contribution in [3.8, 4) is 0 Å². The van der Waals surface area contributed by atoms with Gasteiger partial charge >= 0.3 is 0 Å². The first-order chi connectivity index (χ1) is 8.66. The molecule has 0 fully saturated rings. The minimum absolute atomic E-state index is 0.0896. The number of hydrogen-bond donors (Lipinski definition) is 2. The molecular weight excluding hydrogens is 246 g/mol. The number of benzene rings is 1. The first kappa shape index (κ1) is 12.6. The molecule has 2 rings (SSSR count). The van der Waals surface area contributed by atoms with E-state index < -0.39 is 0 Å². The molecule has 1 aromatic heterocycles. The Morgan fingerprint density at radius 1 is 1.39 bits per heavy atom. The summed E-state index contributed by atoms with van der Waals surface area (Å²) in [4.78, 5) is 15.9. The minimum Gasteiger partial charge on any atom is -0.374 e. The van der Waals surface area contributed by atoms with Crippen molar-refractivity contribution in [2.45, 2.75) is 19.9 Å². The zero-order valence-electron chi connectivity index (χ0n) is 10.3. The first-order valence-corrected chi connectivity index (χ1v) is 6.57. The van der Waals surface area contributed by atoms with E-state index in [-0.39, 0.29) is 11.9 Å². The highest BCUT2D eigenvalue weighted by Crippen LogP contribution is 2.15. The van der Waals surface area contributed by atoms with E-state index in [1.54, 1.807) is 6.20 Å². The molecule has 1 heterocycles. The predicted octanol–water partition coefficient (Wildman–Crippen LogP) is 2.89. The first-order valence-electron chi connectivity index (χ1n) is 5.69. The summed E-state index contributed by atoms with van der Waals surface area (Å²) in [6.45, 7) is 3.84. The Bertz CT molecular complexity index is 525. The van der Waals surface area contributed by atoms with Gasteiger partial charge < -0.3 is 10.6 Å². The minimum atomic E-state index is -0.310. The number of carbonyl (C=O) groups is 1. The van der Waals surface area contributed by atoms with Crippen LogP contribution in [0, 0.1) is 6.92 Å². The van der Waals surface area contributed by atoms with Crippen molar-refractivity contribution in [2.75, 3.05) is 10.6 Å². The average Bonchev–Trinajstić information content (AvgIpc) is 2.84. The second-order valence-electron chi connectivity index (χ2n) is 4.01. The summed E-state index contributed by atoms with van der Waals surface area (Å²) in [5.74, 6) is -0.0896. The Morgan fingerprint density at radius 2 is 2.17 bits per heavy atom. The van der Waals surface area contributed by atoms with E-state index in [0.717, 1.165) is 11.3 Å². The van der Waals surface area contributed by atoms with E-state index in [1.165, 1.54) is 11.3 Å². The van der Waals surface area contributed by atoms with Crippen molar-refractivity contribution < 1.29 is 4.79 Å². The van der Waals surface area contributed by atoms with Gasteiger partial charge in [0.1, 0.15) is 6.04 Å². The van der Waals surface area contributed by atoms with Gasteiger partial charge in [-0.05, 0) is 25.5 Å². The normalized spacial score (nSPS) is 11.9. The number of nitrogens with one attached hydrogen (secondary N) is 2. The second kappa shape index (κ2) is 5.64. The van der Waals surface area contributed by atoms with Gasteiger partial charge in [0.15, 0.2) is 5.13 Å². The van der Waals surface area contributed by atoms with E-state index in [9.17, 15) is 4.79 Å². The third-order valence-electron chi connectivity index (χ3n) is 2.57. The smallest absolute Gasteiger partial charge is 0.248 e. The van der Waals surface area contributed by atoms with Gasteiger partial charge in [0, 0.05) is 17.3 Å². The van der Waals surface area contributed by atoms with Gasteiger partial charge in [-0.15, -0.1) is 11.3 Å². The van der Waals surface area contributed by atoms with Gasteiger partial charge in [0.05, 0.1) is 0 Å². The molecule has 0 radical (unpaired) electrons. The highest BCUT2D eigenvalue weighted by Gasteiger charge is 2.14. The Labute approximate surface area is 110 Å². The van der Waals surface area contributed by atoms with E-state index in [2.05, 4.69) is 15.6 Å². The average molecular weight is 261 g/mol. The van der Waals surface area contributed by atoms with E-state index in [1.807, 2.05) is 43.5 Å². The molecule has 5 heteroatoms. The molecular formula is C13H15N3OS. The number of aromatic nitrogens is 1. The topological polar surface area (TPSA) is 54.0 Å². The van der Waals surface area contributed by atoms with Crippen LogP contribution in [-0.4, -0.2) is 16.9 Å². The number of rotatable bonds is 4. The summed E-state index contributed by atoms with van der Waals surface area (Å²) < 4.78 is 0. The number of para-hydroxylation sites is 1. The molecule has 0 aliphatic rings. The molecule has 1 amide bonds. The van der Waals surface area contributed by atoms with Gasteiger partial charge in [-0.2, -0.15) is 0 Å². The number of hydrogen-bond acceptors (Lipinski definition) is 4. The van der Waals surface area contributed by atoms with Crippen molar-refractivity contribution in [1.82, 2.24) is 4.98 Å². The van der Waals surface area contributed by atoms with Gasteiger partial charge in [0.25, 0.3) is 0 Å². The van der Waals surface area contributed by atoms with Crippen LogP contribution in [0.3, 0.4) is 0 Å². The molecule has 2 aromatic rings. The van der Waals surface area contributed by atoms with Gasteiger partial charge in [-0.25, -0.2) is 4.98 Å². The van der Waals surface area contributed by atoms with Crippen molar-refractivity contribution in [2.24, 2.45) is 0 Å². The van der Waals surface area contributed by atoms with E-state index in [0.29, 0.717) is 5.13 Å². The van der Waals surface area contributed by atoms with Crippen LogP contribution in [0.2, 0.25) is 0 Å². The quantitative estimate of drug-likeness (QED) is 0.889. The lowest BCUT2D eigenvalue weighted by Gasteiger charge is -2.15. The zero-order valence-corrected chi connectivity index (χ0v) is 11.1. The molecule has 0 aliphatic carbocycles. The molecule has 0 saturated heterocycles. The third kappa shape index (κ3) is 3.07. The molecule has 1 aromatic carbocycles. The maximum atomic E-state index is 11.9. The number of nitrogens with zero attached hydrogens (tertiary/aromatic N) is 1. The number of anilines is 2. The van der Waals surface area contributed by atoms with Crippen molar-refractivity contribution >= 4 is 28.1 Å². The lowest BCUT2D eigenvalue weighted by molar-refractivity contribution is -0.116. The summed E-state index contributed by atoms with van der Waals surface area (Å²) in [5, 5.41) is 8.41. The van der Waals surface area contributed by atoms with Crippen molar-refractivity contribution in [3.05, 3.63) is 41.4 Å². The second-order valence-corrected chi connectivity index (χ2v) is 4.90. The molecule has 1 atom stereocenters. The predicted molar refractivity (Wildman–Crippen MR) is 75.0 cm³/mol. The standard InChI is InChI=1S/C13H15N3OS/c1-9-5-3-4-6-11(9)15-10(2)12(17)16-13-14-7-8-18-13/h3-8,10,15H,1-2H3,(H,14,16,17)/t10-/m0/s1. The van der Waals surface area contributed by atoms with Crippen LogP contribution in [-0.2, 0) is 4.79 Å². The van der Waals surface area contributed by atoms with Crippen LogP contribution >= 0.6 is 11.3 Å². The van der Waals surface area contributed by atoms with Crippen molar-refractivity contribution in [1.29, 1.82) is 0 Å². The van der Waals surface area contributed by atoms with Crippen LogP contribution < -0.4 is 10.6 Å². The van der Waals surface area contributed by atoms with Crippen LogP contribution in [0.5, 0.6) is 0 Å². The summed E-state index contributed by atoms with van der Waals surface area (Å²) in [6, 6.07) is 7.58. The molecule has 18 heavy (non-hydrogen) atoms. The summed E-state index contributed by atoms with van der Waals surface area (Å²) in [5.41, 5.74) is 2.09. The molecule has 0 unspecified atom stereocenters. The fourth-order valence-electron chi connectivity index (χ4n) is 1.53. The van der Waals surface area contributed by atoms with Crippen LogP contribution in [0.15, 0.2) is 35.8 Å². The molecule has 0 bridgehead atoms. The number of aryl methyl sites for hydroxylation is 1. The Kier molecular flexibility index (Phi) is 3.94. The number of thiazole rings is 1. The van der Waals surface area contributed by atoms with Gasteiger partial charge in [0.2, 0.25) is 5.91 Å². The highest BCUT2D eigenvalue weighted by molar-refractivity contribution is 7.13. The van der Waals surface area contributed by atoms with Gasteiger partial charge in [-0.1, -0.05) is 18.2 Å². The monoisotopic (exact) mass is 261 g/mol. The summed E-state index contributed by atoms with van der Waals surface area (Å²) >= 11 is 1.41. The number of amides is 1. The maximum absolute atomic E-state index is 11.9. The van der Waals surface area contributed by atoms with Crippen LogP contribution in [0.1, 0.15) is 12.5 Å². The lowest BCUT2D eigenvalue weighted by Crippen LogP contribution is -2.32. The molecule has 0 aliphatic heterocycles. The number of carbonyl (C=O) groups excluding carboxylic acids is 1. The summed E-state index contributed by atoms with van der Waals surface area (Å²) in [6.07, 6.45) is 1.67. The molecule has 0 saturated carbocycles. The van der Waals surface area contributed by atoms with E-state index in [4.69, 9.17) is 0 Å². The lowest BCUT2D eigenvalue weighted by atomic mass is 10.2. The molecule has 4 nitrogen and oxygen atoms in total. The maximum Gasteiger partial charge on any atom is 0.248 e. The fourth-order valence-corrected chi connectivity index (χ4v) is 2.06. The molecule has 0 spiro atoms. The largest absolute Gasteiger partial charge is 0.374 e. The fraction of sp³-hybridized carbons (Fsp3) is 0.231. The Hall–Kier alpha value is -1.88. The molecule has 94 valence electrons. The van der Waals surface area contributed by atoms with Crippen LogP contribution in [0.25, 0.3) is 0 Å².